The van der Waals surface area contributed by atoms with Crippen molar-refractivity contribution in [1.82, 2.24) is 20.9 Å². The van der Waals surface area contributed by atoms with Crippen LogP contribution >= 0.6 is 0 Å². The second-order valence-electron chi connectivity index (χ2n) is 10.6. The molecular weight excluding hydrogens is 512 g/mol. The normalized spacial score (nSPS) is 15.8. The number of rotatable bonds is 17. The van der Waals surface area contributed by atoms with E-state index in [4.69, 9.17) is 11.5 Å². The average Bonchev–Trinajstić information content (AvgIpc) is 3.35. The van der Waals surface area contributed by atoms with Gasteiger partial charge in [-0.2, -0.15) is 0 Å². The summed E-state index contributed by atoms with van der Waals surface area (Å²) < 4.78 is 0. The third-order valence-corrected chi connectivity index (χ3v) is 7.60. The molecular formula is C29H46N6O5. The molecule has 1 aromatic carbocycles. The first-order valence-electron chi connectivity index (χ1n) is 14.2. The standard InChI is InChI=1S/C29H46N6O5/c1-5-17(3)24(34-26(36)21(31)15-19-16-32-22-12-8-7-11-20(19)22)28(38)33-23(13-9-10-14-30)27(37)35-25(29(39)40)18(4)6-2/h7-8,11-12,16-18,21,23-25,32H,5-6,9-10,13-15,30-31H2,1-4H3,(H,33,38)(H,34,36)(H,35,37)(H,39,40). The highest BCUT2D eigenvalue weighted by Crippen LogP contribution is 2.19. The van der Waals surface area contributed by atoms with Gasteiger partial charge in [0.15, 0.2) is 0 Å². The number of carboxylic acid groups (broad SMARTS) is 1. The minimum Gasteiger partial charge on any atom is -0.480 e. The summed E-state index contributed by atoms with van der Waals surface area (Å²) in [6.07, 6.45) is 4.74. The fourth-order valence-corrected chi connectivity index (χ4v) is 4.55. The van der Waals surface area contributed by atoms with Gasteiger partial charge >= 0.3 is 5.97 Å². The first-order valence-corrected chi connectivity index (χ1v) is 14.2. The van der Waals surface area contributed by atoms with Crippen molar-refractivity contribution in [2.75, 3.05) is 6.54 Å². The number of para-hydroxylation sites is 1. The summed E-state index contributed by atoms with van der Waals surface area (Å²) in [6, 6.07) is 3.83. The van der Waals surface area contributed by atoms with Crippen molar-refractivity contribution in [3.8, 4) is 0 Å². The van der Waals surface area contributed by atoms with Crippen molar-refractivity contribution in [1.29, 1.82) is 0 Å². The fourth-order valence-electron chi connectivity index (χ4n) is 4.55. The van der Waals surface area contributed by atoms with Crippen LogP contribution in [0.4, 0.5) is 0 Å². The maximum atomic E-state index is 13.5. The Labute approximate surface area is 236 Å². The Morgan fingerprint density at radius 3 is 2.15 bits per heavy atom. The Hall–Kier alpha value is -3.44. The minimum atomic E-state index is -1.14. The number of amides is 3. The van der Waals surface area contributed by atoms with Gasteiger partial charge in [-0.05, 0) is 55.7 Å². The molecule has 0 fully saturated rings. The van der Waals surface area contributed by atoms with Crippen molar-refractivity contribution in [2.24, 2.45) is 23.3 Å². The van der Waals surface area contributed by atoms with E-state index in [1.165, 1.54) is 0 Å². The van der Waals surface area contributed by atoms with E-state index in [-0.39, 0.29) is 24.7 Å². The highest BCUT2D eigenvalue weighted by Gasteiger charge is 2.33. The zero-order valence-corrected chi connectivity index (χ0v) is 24.0. The van der Waals surface area contributed by atoms with Gasteiger partial charge in [0.25, 0.3) is 0 Å². The monoisotopic (exact) mass is 558 g/mol. The number of H-pyrrole nitrogens is 1. The molecule has 0 aliphatic heterocycles. The lowest BCUT2D eigenvalue weighted by atomic mass is 9.96. The molecule has 2 rings (SSSR count). The third kappa shape index (κ3) is 9.06. The number of nitrogens with two attached hydrogens (primary N) is 2. The van der Waals surface area contributed by atoms with E-state index in [1.807, 2.05) is 51.2 Å². The molecule has 9 N–H and O–H groups in total. The lowest BCUT2D eigenvalue weighted by Gasteiger charge is -2.28. The van der Waals surface area contributed by atoms with Crippen LogP contribution in [0.25, 0.3) is 10.9 Å². The molecule has 0 saturated carbocycles. The predicted molar refractivity (Wildman–Crippen MR) is 155 cm³/mol. The topological polar surface area (TPSA) is 192 Å². The highest BCUT2D eigenvalue weighted by molar-refractivity contribution is 5.94. The van der Waals surface area contributed by atoms with Gasteiger partial charge in [0.05, 0.1) is 6.04 Å². The molecule has 11 heteroatoms. The second-order valence-corrected chi connectivity index (χ2v) is 10.6. The van der Waals surface area contributed by atoms with Crippen molar-refractivity contribution in [2.45, 2.75) is 90.4 Å². The number of benzene rings is 1. The number of aromatic nitrogens is 1. The van der Waals surface area contributed by atoms with Gasteiger partial charge in [0.1, 0.15) is 18.1 Å². The van der Waals surface area contributed by atoms with E-state index in [0.29, 0.717) is 32.2 Å². The van der Waals surface area contributed by atoms with Gasteiger partial charge in [-0.15, -0.1) is 0 Å². The summed E-state index contributed by atoms with van der Waals surface area (Å²) in [4.78, 5) is 54.7. The largest absolute Gasteiger partial charge is 0.480 e. The van der Waals surface area contributed by atoms with Gasteiger partial charge in [-0.3, -0.25) is 14.4 Å². The van der Waals surface area contributed by atoms with Crippen LogP contribution in [0, 0.1) is 11.8 Å². The molecule has 0 radical (unpaired) electrons. The van der Waals surface area contributed by atoms with Crippen LogP contribution in [0.15, 0.2) is 30.5 Å². The number of aliphatic carboxylic acids is 1. The van der Waals surface area contributed by atoms with Gasteiger partial charge in [0.2, 0.25) is 17.7 Å². The molecule has 3 amide bonds. The van der Waals surface area contributed by atoms with E-state index >= 15 is 0 Å². The lowest BCUT2D eigenvalue weighted by Crippen LogP contribution is -2.59. The van der Waals surface area contributed by atoms with Gasteiger partial charge in [-0.1, -0.05) is 58.7 Å². The zero-order valence-electron chi connectivity index (χ0n) is 24.0. The number of carbonyl (C=O) groups is 4. The van der Waals surface area contributed by atoms with Crippen molar-refractivity contribution in [3.63, 3.8) is 0 Å². The Bertz CT molecular complexity index is 1140. The van der Waals surface area contributed by atoms with Crippen molar-refractivity contribution >= 4 is 34.6 Å². The highest BCUT2D eigenvalue weighted by atomic mass is 16.4. The summed E-state index contributed by atoms with van der Waals surface area (Å²) in [7, 11) is 0. The number of hydrogen-bond donors (Lipinski definition) is 7. The molecule has 1 aromatic heterocycles. The summed E-state index contributed by atoms with van der Waals surface area (Å²) in [5.41, 5.74) is 13.7. The van der Waals surface area contributed by atoms with Crippen LogP contribution < -0.4 is 27.4 Å². The lowest BCUT2D eigenvalue weighted by molar-refractivity contribution is -0.144. The number of carbonyl (C=O) groups excluding carboxylic acids is 3. The molecule has 2 aromatic rings. The van der Waals surface area contributed by atoms with Crippen LogP contribution in [0.5, 0.6) is 0 Å². The first-order chi connectivity index (χ1) is 19.0. The van der Waals surface area contributed by atoms with Crippen molar-refractivity contribution in [3.05, 3.63) is 36.0 Å². The molecule has 222 valence electrons. The average molecular weight is 559 g/mol. The Kier molecular flexibility index (Phi) is 13.1. The van der Waals surface area contributed by atoms with Crippen LogP contribution in [0.1, 0.15) is 65.4 Å². The molecule has 11 nitrogen and oxygen atoms in total. The molecule has 6 unspecified atom stereocenters. The van der Waals surface area contributed by atoms with Gasteiger partial charge in [0, 0.05) is 17.1 Å². The number of unbranched alkanes of at least 4 members (excludes halogenated alkanes) is 1. The molecule has 0 bridgehead atoms. The van der Waals surface area contributed by atoms with Crippen LogP contribution in [-0.2, 0) is 25.6 Å². The third-order valence-electron chi connectivity index (χ3n) is 7.60. The molecule has 40 heavy (non-hydrogen) atoms. The smallest absolute Gasteiger partial charge is 0.326 e. The van der Waals surface area contributed by atoms with Gasteiger partial charge < -0.3 is 37.5 Å². The quantitative estimate of drug-likeness (QED) is 0.144. The summed E-state index contributed by atoms with van der Waals surface area (Å²) in [5.74, 6) is -3.26. The molecule has 0 saturated heterocycles. The SMILES string of the molecule is CCC(C)C(NC(=O)C(CCCCN)NC(=O)C(NC(=O)C(N)Cc1c[nH]c2ccccc12)C(C)CC)C(=O)O. The van der Waals surface area contributed by atoms with Gasteiger partial charge in [-0.25, -0.2) is 4.79 Å². The van der Waals surface area contributed by atoms with E-state index in [2.05, 4.69) is 20.9 Å². The Morgan fingerprint density at radius 1 is 0.900 bits per heavy atom. The van der Waals surface area contributed by atoms with Crippen LogP contribution in [0.2, 0.25) is 0 Å². The zero-order chi connectivity index (χ0) is 29.8. The summed E-state index contributed by atoms with van der Waals surface area (Å²) in [6.45, 7) is 7.75. The fraction of sp³-hybridized carbons (Fsp3) is 0.586. The van der Waals surface area contributed by atoms with Crippen LogP contribution in [-0.4, -0.2) is 64.5 Å². The Balaban J connectivity index is 2.16. The minimum absolute atomic E-state index is 0.246. The second kappa shape index (κ2) is 16.0. The van der Waals surface area contributed by atoms with Crippen molar-refractivity contribution < 1.29 is 24.3 Å². The predicted octanol–water partition coefficient (Wildman–Crippen LogP) is 1.80. The number of fused-ring (bicyclic) bond motifs is 1. The molecule has 6 atom stereocenters. The first kappa shape index (κ1) is 32.8. The Morgan fingerprint density at radius 2 is 1.52 bits per heavy atom. The molecule has 0 spiro atoms. The molecule has 1 heterocycles. The molecule has 0 aliphatic rings. The number of carboxylic acids is 1. The van der Waals surface area contributed by atoms with E-state index < -0.39 is 47.9 Å². The summed E-state index contributed by atoms with van der Waals surface area (Å²) >= 11 is 0. The number of hydrogen-bond acceptors (Lipinski definition) is 6. The summed E-state index contributed by atoms with van der Waals surface area (Å²) in [5, 5.41) is 18.7. The van der Waals surface area contributed by atoms with E-state index in [0.717, 1.165) is 16.5 Å². The van der Waals surface area contributed by atoms with E-state index in [1.54, 1.807) is 6.92 Å². The van der Waals surface area contributed by atoms with Crippen LogP contribution in [0.3, 0.4) is 0 Å². The van der Waals surface area contributed by atoms with E-state index in [9.17, 15) is 24.3 Å². The maximum absolute atomic E-state index is 13.5. The number of nitrogens with one attached hydrogen (secondary N) is 4. The number of aromatic amines is 1. The maximum Gasteiger partial charge on any atom is 0.326 e. The molecule has 0 aliphatic carbocycles.